The molecule has 0 radical (unpaired) electrons. The van der Waals surface area contributed by atoms with Crippen molar-refractivity contribution in [2.75, 3.05) is 14.2 Å². The van der Waals surface area contributed by atoms with Crippen molar-refractivity contribution in [2.45, 2.75) is 58.8 Å². The van der Waals surface area contributed by atoms with Gasteiger partial charge in [-0.3, -0.25) is 9.59 Å². The van der Waals surface area contributed by atoms with Gasteiger partial charge in [0, 0.05) is 0 Å². The molecule has 31 heavy (non-hydrogen) atoms. The highest BCUT2D eigenvalue weighted by atomic mass is 16.5. The van der Waals surface area contributed by atoms with Crippen LogP contribution in [0.2, 0.25) is 0 Å². The Bertz CT molecular complexity index is 753. The number of esters is 2. The SMILES string of the molecule is CCC(C)C(C(=O)OC)c1ccccc1.CCC(CC)C(C(=O)OC)c1ccccc1. The third-order valence-electron chi connectivity index (χ3n) is 5.96. The maximum atomic E-state index is 11.8. The molecule has 0 N–H and O–H groups in total. The Morgan fingerprint density at radius 2 is 1.06 bits per heavy atom. The molecule has 0 aliphatic carbocycles. The van der Waals surface area contributed by atoms with E-state index >= 15 is 0 Å². The summed E-state index contributed by atoms with van der Waals surface area (Å²) in [6.45, 7) is 8.40. The largest absolute Gasteiger partial charge is 0.469 e. The van der Waals surface area contributed by atoms with Crippen LogP contribution < -0.4 is 0 Å². The average Bonchev–Trinajstić information content (AvgIpc) is 2.83. The lowest BCUT2D eigenvalue weighted by molar-refractivity contribution is -0.144. The van der Waals surface area contributed by atoms with E-state index in [1.54, 1.807) is 0 Å². The molecule has 0 aromatic heterocycles. The number of ether oxygens (including phenoxy) is 2. The predicted molar refractivity (Wildman–Crippen MR) is 126 cm³/mol. The topological polar surface area (TPSA) is 52.6 Å². The van der Waals surface area contributed by atoms with Gasteiger partial charge >= 0.3 is 11.9 Å². The lowest BCUT2D eigenvalue weighted by Crippen LogP contribution is -2.22. The highest BCUT2D eigenvalue weighted by molar-refractivity contribution is 5.78. The van der Waals surface area contributed by atoms with Crippen molar-refractivity contribution in [3.8, 4) is 0 Å². The normalized spacial score (nSPS) is 13.4. The minimum absolute atomic E-state index is 0.124. The first-order valence-electron chi connectivity index (χ1n) is 11.2. The Kier molecular flexibility index (Phi) is 12.3. The van der Waals surface area contributed by atoms with Crippen LogP contribution in [0.15, 0.2) is 60.7 Å². The van der Waals surface area contributed by atoms with Gasteiger partial charge in [0.15, 0.2) is 0 Å². The minimum Gasteiger partial charge on any atom is -0.469 e. The quantitative estimate of drug-likeness (QED) is 0.437. The summed E-state index contributed by atoms with van der Waals surface area (Å²) in [6, 6.07) is 19.7. The molecule has 2 aromatic carbocycles. The highest BCUT2D eigenvalue weighted by Gasteiger charge is 2.28. The van der Waals surface area contributed by atoms with Gasteiger partial charge in [0.2, 0.25) is 0 Å². The summed E-state index contributed by atoms with van der Waals surface area (Å²) in [5.41, 5.74) is 2.10. The van der Waals surface area contributed by atoms with Gasteiger partial charge in [-0.2, -0.15) is 0 Å². The maximum Gasteiger partial charge on any atom is 0.313 e. The molecule has 4 nitrogen and oxygen atoms in total. The first-order chi connectivity index (χ1) is 14.9. The summed E-state index contributed by atoms with van der Waals surface area (Å²) in [7, 11) is 2.90. The second-order valence-electron chi connectivity index (χ2n) is 7.79. The maximum absolute atomic E-state index is 11.8. The van der Waals surface area contributed by atoms with Crippen molar-refractivity contribution < 1.29 is 19.1 Å². The average molecular weight is 427 g/mol. The van der Waals surface area contributed by atoms with E-state index in [-0.39, 0.29) is 23.8 Å². The summed E-state index contributed by atoms with van der Waals surface area (Å²) in [4.78, 5) is 23.5. The summed E-state index contributed by atoms with van der Waals surface area (Å²) in [5, 5.41) is 0. The molecule has 0 amide bonds. The fraction of sp³-hybridized carbons (Fsp3) is 0.481. The number of carbonyl (C=O) groups excluding carboxylic acids is 2. The molecule has 2 rings (SSSR count). The molecule has 0 aliphatic heterocycles. The third-order valence-corrected chi connectivity index (χ3v) is 5.96. The van der Waals surface area contributed by atoms with E-state index in [0.717, 1.165) is 30.4 Å². The van der Waals surface area contributed by atoms with Crippen LogP contribution in [-0.2, 0) is 19.1 Å². The van der Waals surface area contributed by atoms with Crippen LogP contribution in [0.3, 0.4) is 0 Å². The van der Waals surface area contributed by atoms with Crippen molar-refractivity contribution in [1.29, 1.82) is 0 Å². The van der Waals surface area contributed by atoms with Crippen molar-refractivity contribution in [2.24, 2.45) is 11.8 Å². The fourth-order valence-electron chi connectivity index (χ4n) is 3.87. The van der Waals surface area contributed by atoms with Crippen LogP contribution in [0.5, 0.6) is 0 Å². The lowest BCUT2D eigenvalue weighted by Gasteiger charge is -2.23. The lowest BCUT2D eigenvalue weighted by atomic mass is 9.83. The molecule has 0 saturated carbocycles. The van der Waals surface area contributed by atoms with Crippen molar-refractivity contribution in [1.82, 2.24) is 0 Å². The molecule has 3 unspecified atom stereocenters. The standard InChI is InChI=1S/C14H20O2.C13H18O2/c1-4-11(5-2)13(14(15)16-3)12-9-7-6-8-10-12;1-4-10(2)12(13(14)15-3)11-8-6-5-7-9-11/h6-11,13H,4-5H2,1-3H3;5-10,12H,4H2,1-3H3. The Labute approximate surface area is 188 Å². The van der Waals surface area contributed by atoms with Gasteiger partial charge in [-0.25, -0.2) is 0 Å². The summed E-state index contributed by atoms with van der Waals surface area (Å²) < 4.78 is 9.76. The van der Waals surface area contributed by atoms with Gasteiger partial charge in [0.25, 0.3) is 0 Å². The smallest absolute Gasteiger partial charge is 0.313 e. The summed E-state index contributed by atoms with van der Waals surface area (Å²) in [5.74, 6) is 0.132. The molecule has 0 saturated heterocycles. The number of rotatable bonds is 9. The van der Waals surface area contributed by atoms with Crippen LogP contribution in [-0.4, -0.2) is 26.2 Å². The molecule has 0 heterocycles. The van der Waals surface area contributed by atoms with Crippen LogP contribution in [0.4, 0.5) is 0 Å². The van der Waals surface area contributed by atoms with Crippen molar-refractivity contribution >= 4 is 11.9 Å². The Balaban J connectivity index is 0.000000311. The van der Waals surface area contributed by atoms with E-state index in [1.807, 2.05) is 60.7 Å². The first kappa shape index (κ1) is 26.4. The Morgan fingerprint density at radius 3 is 1.42 bits per heavy atom. The number of methoxy groups -OCH3 is 2. The zero-order valence-corrected chi connectivity index (χ0v) is 19.8. The molecule has 170 valence electrons. The van der Waals surface area contributed by atoms with E-state index in [9.17, 15) is 9.59 Å². The molecule has 0 aliphatic rings. The monoisotopic (exact) mass is 426 g/mol. The van der Waals surface area contributed by atoms with Crippen molar-refractivity contribution in [3.63, 3.8) is 0 Å². The van der Waals surface area contributed by atoms with Gasteiger partial charge < -0.3 is 9.47 Å². The summed E-state index contributed by atoms with van der Waals surface area (Å²) in [6.07, 6.45) is 2.95. The van der Waals surface area contributed by atoms with E-state index in [4.69, 9.17) is 9.47 Å². The number of hydrogen-bond donors (Lipinski definition) is 0. The molecule has 0 spiro atoms. The molecule has 4 heteroatoms. The minimum atomic E-state index is -0.143. The second-order valence-corrected chi connectivity index (χ2v) is 7.79. The molecular formula is C27H38O4. The number of carbonyl (C=O) groups is 2. The van der Waals surface area contributed by atoms with E-state index in [0.29, 0.717) is 11.8 Å². The van der Waals surface area contributed by atoms with E-state index < -0.39 is 0 Å². The van der Waals surface area contributed by atoms with E-state index in [1.165, 1.54) is 14.2 Å². The zero-order chi connectivity index (χ0) is 23.2. The second kappa shape index (κ2) is 14.4. The Morgan fingerprint density at radius 1 is 0.677 bits per heavy atom. The van der Waals surface area contributed by atoms with Crippen molar-refractivity contribution in [3.05, 3.63) is 71.8 Å². The molecule has 2 aromatic rings. The van der Waals surface area contributed by atoms with Gasteiger partial charge in [-0.05, 0) is 23.0 Å². The molecular weight excluding hydrogens is 388 g/mol. The van der Waals surface area contributed by atoms with E-state index in [2.05, 4.69) is 27.7 Å². The van der Waals surface area contributed by atoms with Gasteiger partial charge in [0.05, 0.1) is 26.1 Å². The number of benzene rings is 2. The molecule has 0 bridgehead atoms. The van der Waals surface area contributed by atoms with Gasteiger partial charge in [0.1, 0.15) is 0 Å². The fourth-order valence-corrected chi connectivity index (χ4v) is 3.87. The zero-order valence-electron chi connectivity index (χ0n) is 19.8. The number of hydrogen-bond acceptors (Lipinski definition) is 4. The van der Waals surface area contributed by atoms with Gasteiger partial charge in [-0.15, -0.1) is 0 Å². The summed E-state index contributed by atoms with van der Waals surface area (Å²) >= 11 is 0. The molecule has 0 fully saturated rings. The van der Waals surface area contributed by atoms with Crippen LogP contribution in [0.1, 0.15) is 69.9 Å². The van der Waals surface area contributed by atoms with Crippen LogP contribution >= 0.6 is 0 Å². The highest BCUT2D eigenvalue weighted by Crippen LogP contribution is 2.30. The van der Waals surface area contributed by atoms with Crippen LogP contribution in [0, 0.1) is 11.8 Å². The Hall–Kier alpha value is -2.62. The predicted octanol–water partition coefficient (Wildman–Crippen LogP) is 6.37. The molecule has 3 atom stereocenters. The van der Waals surface area contributed by atoms with Crippen LogP contribution in [0.25, 0.3) is 0 Å². The van der Waals surface area contributed by atoms with Gasteiger partial charge in [-0.1, -0.05) is 108 Å². The third kappa shape index (κ3) is 7.86. The first-order valence-corrected chi connectivity index (χ1v) is 11.2.